The highest BCUT2D eigenvalue weighted by molar-refractivity contribution is 7.12. The highest BCUT2D eigenvalue weighted by atomic mass is 32.1. The zero-order valence-electron chi connectivity index (χ0n) is 12.2. The monoisotopic (exact) mass is 302 g/mol. The topological polar surface area (TPSA) is 59.8 Å². The van der Waals surface area contributed by atoms with Crippen LogP contribution in [0.2, 0.25) is 0 Å². The molecular formula is C15H18N4OS. The maximum atomic E-state index is 12.0. The van der Waals surface area contributed by atoms with E-state index >= 15 is 0 Å². The lowest BCUT2D eigenvalue weighted by molar-refractivity contribution is -0.117. The van der Waals surface area contributed by atoms with Gasteiger partial charge in [-0.2, -0.15) is 0 Å². The fraction of sp³-hybridized carbons (Fsp3) is 0.400. The second-order valence-electron chi connectivity index (χ2n) is 5.24. The van der Waals surface area contributed by atoms with Crippen LogP contribution in [0.15, 0.2) is 18.2 Å². The van der Waals surface area contributed by atoms with Gasteiger partial charge in [0, 0.05) is 28.8 Å². The lowest BCUT2D eigenvalue weighted by atomic mass is 10.3. The summed E-state index contributed by atoms with van der Waals surface area (Å²) in [6.45, 7) is 4.94. The maximum Gasteiger partial charge on any atom is 0.244 e. The molecule has 0 unspecified atom stereocenters. The number of carbonyl (C=O) groups is 1. The van der Waals surface area contributed by atoms with Gasteiger partial charge in [-0.1, -0.05) is 0 Å². The summed E-state index contributed by atoms with van der Waals surface area (Å²) >= 11 is 1.67. The molecule has 21 heavy (non-hydrogen) atoms. The highest BCUT2D eigenvalue weighted by Gasteiger charge is 2.21. The van der Waals surface area contributed by atoms with Gasteiger partial charge < -0.3 is 9.88 Å². The predicted octanol–water partition coefficient (Wildman–Crippen LogP) is 2.48. The molecule has 0 spiro atoms. The molecular weight excluding hydrogens is 284 g/mol. The standard InChI is InChI=1S/C15H18N4OS/c1-10-5-6-12(21-10)7-8-14(20)16-11(2)15-18-17-13-4-3-9-19(13)15/h5-8,11H,3-4,9H2,1-2H3,(H,16,20)/b8-7+/t11-/m1/s1. The number of nitrogens with one attached hydrogen (secondary N) is 1. The number of hydrogen-bond acceptors (Lipinski definition) is 4. The summed E-state index contributed by atoms with van der Waals surface area (Å²) in [7, 11) is 0. The molecule has 0 aliphatic carbocycles. The number of fused-ring (bicyclic) bond motifs is 1. The molecule has 0 saturated heterocycles. The maximum absolute atomic E-state index is 12.0. The molecule has 1 atom stereocenters. The van der Waals surface area contributed by atoms with Gasteiger partial charge in [0.05, 0.1) is 6.04 Å². The Bertz CT molecular complexity index is 686. The van der Waals surface area contributed by atoms with Crippen LogP contribution in [0.1, 0.15) is 40.8 Å². The first-order chi connectivity index (χ1) is 10.1. The molecule has 0 fully saturated rings. The molecule has 0 radical (unpaired) electrons. The van der Waals surface area contributed by atoms with Crippen molar-refractivity contribution in [1.29, 1.82) is 0 Å². The van der Waals surface area contributed by atoms with Gasteiger partial charge in [-0.05, 0) is 38.5 Å². The first-order valence-electron chi connectivity index (χ1n) is 7.10. The Hall–Kier alpha value is -1.95. The van der Waals surface area contributed by atoms with Gasteiger partial charge in [0.1, 0.15) is 5.82 Å². The van der Waals surface area contributed by atoms with Crippen LogP contribution >= 0.6 is 11.3 Å². The first kappa shape index (κ1) is 14.0. The molecule has 0 saturated carbocycles. The van der Waals surface area contributed by atoms with E-state index in [0.717, 1.165) is 35.9 Å². The van der Waals surface area contributed by atoms with Gasteiger partial charge in [-0.15, -0.1) is 21.5 Å². The lowest BCUT2D eigenvalue weighted by Gasteiger charge is -2.12. The summed E-state index contributed by atoms with van der Waals surface area (Å²) in [5.41, 5.74) is 0. The van der Waals surface area contributed by atoms with Crippen LogP contribution in [0.3, 0.4) is 0 Å². The number of amides is 1. The molecule has 1 N–H and O–H groups in total. The van der Waals surface area contributed by atoms with Crippen LogP contribution in [0, 0.1) is 6.92 Å². The quantitative estimate of drug-likeness (QED) is 0.883. The summed E-state index contributed by atoms with van der Waals surface area (Å²) in [5, 5.41) is 11.3. The number of aryl methyl sites for hydroxylation is 2. The van der Waals surface area contributed by atoms with Gasteiger partial charge in [0.25, 0.3) is 0 Å². The fourth-order valence-corrected chi connectivity index (χ4v) is 3.30. The van der Waals surface area contributed by atoms with E-state index in [1.165, 1.54) is 4.88 Å². The molecule has 2 aromatic heterocycles. The van der Waals surface area contributed by atoms with E-state index in [1.54, 1.807) is 17.4 Å². The Morgan fingerprint density at radius 1 is 1.48 bits per heavy atom. The number of thiophene rings is 1. The van der Waals surface area contributed by atoms with Crippen LogP contribution in [0.4, 0.5) is 0 Å². The molecule has 3 heterocycles. The van der Waals surface area contributed by atoms with Crippen LogP contribution in [-0.2, 0) is 17.8 Å². The lowest BCUT2D eigenvalue weighted by Crippen LogP contribution is -2.27. The molecule has 1 aliphatic rings. The van der Waals surface area contributed by atoms with Crippen molar-refractivity contribution in [2.45, 2.75) is 39.3 Å². The van der Waals surface area contributed by atoms with E-state index in [0.29, 0.717) is 0 Å². The molecule has 1 amide bonds. The van der Waals surface area contributed by atoms with Gasteiger partial charge >= 0.3 is 0 Å². The van der Waals surface area contributed by atoms with E-state index < -0.39 is 0 Å². The second-order valence-corrected chi connectivity index (χ2v) is 6.56. The molecule has 6 heteroatoms. The van der Waals surface area contributed by atoms with E-state index in [4.69, 9.17) is 0 Å². The summed E-state index contributed by atoms with van der Waals surface area (Å²) in [5.74, 6) is 1.76. The minimum absolute atomic E-state index is 0.107. The number of carbonyl (C=O) groups excluding carboxylic acids is 1. The SMILES string of the molecule is Cc1ccc(/C=C/C(=O)N[C@H](C)c2nnc3n2CCC3)s1. The average molecular weight is 302 g/mol. The third kappa shape index (κ3) is 3.05. The summed E-state index contributed by atoms with van der Waals surface area (Å²) in [6.07, 6.45) is 5.50. The zero-order chi connectivity index (χ0) is 14.8. The highest BCUT2D eigenvalue weighted by Crippen LogP contribution is 2.19. The van der Waals surface area contributed by atoms with Gasteiger partial charge in [-0.3, -0.25) is 4.79 Å². The molecule has 5 nitrogen and oxygen atoms in total. The van der Waals surface area contributed by atoms with E-state index in [1.807, 2.05) is 25.1 Å². The van der Waals surface area contributed by atoms with Crippen molar-refractivity contribution in [3.05, 3.63) is 39.6 Å². The van der Waals surface area contributed by atoms with E-state index in [-0.39, 0.29) is 11.9 Å². The fourth-order valence-electron chi connectivity index (χ4n) is 2.52. The van der Waals surface area contributed by atoms with Gasteiger partial charge in [0.2, 0.25) is 5.91 Å². The van der Waals surface area contributed by atoms with Crippen molar-refractivity contribution in [1.82, 2.24) is 20.1 Å². The first-order valence-corrected chi connectivity index (χ1v) is 7.92. The van der Waals surface area contributed by atoms with Crippen LogP contribution in [0.5, 0.6) is 0 Å². The van der Waals surface area contributed by atoms with Crippen molar-refractivity contribution in [3.63, 3.8) is 0 Å². The Labute approximate surface area is 127 Å². The van der Waals surface area contributed by atoms with Crippen molar-refractivity contribution in [2.24, 2.45) is 0 Å². The molecule has 1 aliphatic heterocycles. The third-order valence-electron chi connectivity index (χ3n) is 3.54. The normalized spacial score (nSPS) is 15.3. The summed E-state index contributed by atoms with van der Waals surface area (Å²) < 4.78 is 2.11. The minimum atomic E-state index is -0.133. The van der Waals surface area contributed by atoms with E-state index in [9.17, 15) is 4.79 Å². The van der Waals surface area contributed by atoms with Crippen molar-refractivity contribution in [2.75, 3.05) is 0 Å². The number of nitrogens with zero attached hydrogens (tertiary/aromatic N) is 3. The molecule has 2 aromatic rings. The third-order valence-corrected chi connectivity index (χ3v) is 4.51. The second kappa shape index (κ2) is 5.81. The summed E-state index contributed by atoms with van der Waals surface area (Å²) in [6, 6.07) is 3.93. The Kier molecular flexibility index (Phi) is 3.88. The van der Waals surface area contributed by atoms with Gasteiger partial charge in [0.15, 0.2) is 5.82 Å². The minimum Gasteiger partial charge on any atom is -0.343 e. The largest absolute Gasteiger partial charge is 0.343 e. The predicted molar refractivity (Wildman–Crippen MR) is 83.0 cm³/mol. The Morgan fingerprint density at radius 2 is 2.33 bits per heavy atom. The van der Waals surface area contributed by atoms with Crippen molar-refractivity contribution < 1.29 is 4.79 Å². The zero-order valence-corrected chi connectivity index (χ0v) is 13.0. The van der Waals surface area contributed by atoms with Crippen LogP contribution < -0.4 is 5.32 Å². The van der Waals surface area contributed by atoms with Crippen molar-refractivity contribution >= 4 is 23.3 Å². The van der Waals surface area contributed by atoms with Crippen molar-refractivity contribution in [3.8, 4) is 0 Å². The molecule has 0 aromatic carbocycles. The average Bonchev–Trinajstić information content (AvgIpc) is 3.11. The number of hydrogen-bond donors (Lipinski definition) is 1. The Morgan fingerprint density at radius 3 is 3.10 bits per heavy atom. The number of rotatable bonds is 4. The van der Waals surface area contributed by atoms with E-state index in [2.05, 4.69) is 27.0 Å². The molecule has 3 rings (SSSR count). The molecule has 0 bridgehead atoms. The summed E-state index contributed by atoms with van der Waals surface area (Å²) in [4.78, 5) is 14.3. The Balaban J connectivity index is 1.63. The van der Waals surface area contributed by atoms with Crippen LogP contribution in [-0.4, -0.2) is 20.7 Å². The molecule has 110 valence electrons. The van der Waals surface area contributed by atoms with Gasteiger partial charge in [-0.25, -0.2) is 0 Å². The van der Waals surface area contributed by atoms with Crippen LogP contribution in [0.25, 0.3) is 6.08 Å². The smallest absolute Gasteiger partial charge is 0.244 e. The number of aromatic nitrogens is 3.